The molecule has 1 aromatic heterocycles. The molecule has 2 aromatic rings. The average molecular weight is 470 g/mol. The van der Waals surface area contributed by atoms with E-state index in [0.717, 1.165) is 45.1 Å². The number of aromatic nitrogens is 1. The Balaban J connectivity index is 1.54. The van der Waals surface area contributed by atoms with Crippen LogP contribution in [0.15, 0.2) is 36.4 Å². The number of ether oxygens (including phenoxy) is 1. The molecule has 34 heavy (non-hydrogen) atoms. The van der Waals surface area contributed by atoms with Crippen molar-refractivity contribution in [1.29, 1.82) is 0 Å². The first-order valence-corrected chi connectivity index (χ1v) is 12.1. The number of halogens is 1. The highest BCUT2D eigenvalue weighted by molar-refractivity contribution is 5.96. The predicted molar refractivity (Wildman–Crippen MR) is 126 cm³/mol. The topological polar surface area (TPSA) is 91.8 Å². The maximum absolute atomic E-state index is 13.6. The van der Waals surface area contributed by atoms with Crippen molar-refractivity contribution in [1.82, 2.24) is 10.3 Å². The number of carbonyl (C=O) groups excluding carboxylic acids is 1. The van der Waals surface area contributed by atoms with E-state index in [0.29, 0.717) is 23.5 Å². The quantitative estimate of drug-likeness (QED) is 0.589. The molecule has 0 bridgehead atoms. The zero-order valence-corrected chi connectivity index (χ0v) is 19.3. The molecule has 2 aliphatic rings. The average Bonchev–Trinajstić information content (AvgIpc) is 2.83. The van der Waals surface area contributed by atoms with Gasteiger partial charge in [0.1, 0.15) is 23.8 Å². The Bertz CT molecular complexity index is 1010. The van der Waals surface area contributed by atoms with Crippen molar-refractivity contribution >= 4 is 17.7 Å². The SMILES string of the molecule is O=C(O)C[C@@H]1CCCN(c2ccc(C(=O)NC3CCCCC3)c(OCc3cccc(F)c3)n2)C1. The van der Waals surface area contributed by atoms with Crippen LogP contribution in [0.1, 0.15) is 67.3 Å². The van der Waals surface area contributed by atoms with Crippen LogP contribution in [0.3, 0.4) is 0 Å². The molecule has 8 heteroatoms. The normalized spacial score (nSPS) is 19.0. The van der Waals surface area contributed by atoms with Crippen molar-refractivity contribution in [3.8, 4) is 5.88 Å². The van der Waals surface area contributed by atoms with Gasteiger partial charge in [0.2, 0.25) is 5.88 Å². The zero-order valence-electron chi connectivity index (χ0n) is 19.3. The zero-order chi connectivity index (χ0) is 23.9. The standard InChI is InChI=1S/C26H32FN3O4/c27-20-8-4-6-19(14-20)17-34-26-22(25(33)28-21-9-2-1-3-10-21)11-12-23(29-26)30-13-5-7-18(16-30)15-24(31)32/h4,6,8,11-12,14,18,21H,1-3,5,7,9-10,13,15-17H2,(H,28,33)(H,31,32)/t18-/m0/s1. The van der Waals surface area contributed by atoms with Gasteiger partial charge in [-0.15, -0.1) is 0 Å². The number of hydrogen-bond donors (Lipinski definition) is 2. The van der Waals surface area contributed by atoms with Crippen LogP contribution in [0.2, 0.25) is 0 Å². The van der Waals surface area contributed by atoms with E-state index in [1.165, 1.54) is 18.6 Å². The fraction of sp³-hybridized carbons (Fsp3) is 0.500. The lowest BCUT2D eigenvalue weighted by molar-refractivity contribution is -0.138. The van der Waals surface area contributed by atoms with E-state index >= 15 is 0 Å². The molecule has 4 rings (SSSR count). The number of carbonyl (C=O) groups is 2. The highest BCUT2D eigenvalue weighted by Gasteiger charge is 2.25. The Morgan fingerprint density at radius 1 is 1.12 bits per heavy atom. The smallest absolute Gasteiger partial charge is 0.303 e. The van der Waals surface area contributed by atoms with E-state index in [1.807, 2.05) is 0 Å². The Hall–Kier alpha value is -3.16. The Morgan fingerprint density at radius 2 is 1.94 bits per heavy atom. The number of amides is 1. The van der Waals surface area contributed by atoms with Crippen molar-refractivity contribution in [2.75, 3.05) is 18.0 Å². The molecule has 1 saturated carbocycles. The number of piperidine rings is 1. The summed E-state index contributed by atoms with van der Waals surface area (Å²) in [6.45, 7) is 1.44. The van der Waals surface area contributed by atoms with E-state index in [-0.39, 0.29) is 42.6 Å². The second kappa shape index (κ2) is 11.3. The van der Waals surface area contributed by atoms with Gasteiger partial charge in [-0.3, -0.25) is 9.59 Å². The molecular formula is C26H32FN3O4. The largest absolute Gasteiger partial charge is 0.481 e. The van der Waals surface area contributed by atoms with E-state index in [1.54, 1.807) is 24.3 Å². The molecule has 1 amide bonds. The number of rotatable bonds is 8. The van der Waals surface area contributed by atoms with Gasteiger partial charge in [0.15, 0.2) is 0 Å². The van der Waals surface area contributed by atoms with Gasteiger partial charge < -0.3 is 20.1 Å². The molecule has 2 N–H and O–H groups in total. The predicted octanol–water partition coefficient (Wildman–Crippen LogP) is 4.55. The summed E-state index contributed by atoms with van der Waals surface area (Å²) in [4.78, 5) is 31.0. The summed E-state index contributed by atoms with van der Waals surface area (Å²) in [5.74, 6) is -0.458. The molecule has 1 saturated heterocycles. The summed E-state index contributed by atoms with van der Waals surface area (Å²) in [5.41, 5.74) is 0.996. The van der Waals surface area contributed by atoms with Crippen molar-refractivity contribution < 1.29 is 23.8 Å². The first kappa shape index (κ1) is 24.0. The first-order valence-electron chi connectivity index (χ1n) is 12.1. The van der Waals surface area contributed by atoms with Gasteiger partial charge in [0, 0.05) is 25.6 Å². The van der Waals surface area contributed by atoms with Crippen LogP contribution in [-0.4, -0.2) is 41.1 Å². The molecule has 0 unspecified atom stereocenters. The number of carboxylic acid groups (broad SMARTS) is 1. The molecule has 7 nitrogen and oxygen atoms in total. The summed E-state index contributed by atoms with van der Waals surface area (Å²) < 4.78 is 19.6. The Labute approximate surface area is 199 Å². The van der Waals surface area contributed by atoms with E-state index in [9.17, 15) is 19.1 Å². The van der Waals surface area contributed by atoms with Crippen molar-refractivity contribution in [2.24, 2.45) is 5.92 Å². The number of aliphatic carboxylic acids is 1. The van der Waals surface area contributed by atoms with Gasteiger partial charge in [-0.2, -0.15) is 4.98 Å². The lowest BCUT2D eigenvalue weighted by atomic mass is 9.95. The highest BCUT2D eigenvalue weighted by atomic mass is 19.1. The van der Waals surface area contributed by atoms with Gasteiger partial charge >= 0.3 is 5.97 Å². The molecule has 0 spiro atoms. The van der Waals surface area contributed by atoms with Gasteiger partial charge in [-0.1, -0.05) is 31.4 Å². The molecule has 1 aliphatic carbocycles. The van der Waals surface area contributed by atoms with Crippen LogP contribution in [-0.2, 0) is 11.4 Å². The van der Waals surface area contributed by atoms with Crippen molar-refractivity contribution in [3.63, 3.8) is 0 Å². The second-order valence-electron chi connectivity index (χ2n) is 9.30. The molecular weight excluding hydrogens is 437 g/mol. The molecule has 2 heterocycles. The molecule has 1 aromatic carbocycles. The van der Waals surface area contributed by atoms with Crippen LogP contribution >= 0.6 is 0 Å². The monoisotopic (exact) mass is 469 g/mol. The van der Waals surface area contributed by atoms with Crippen molar-refractivity contribution in [2.45, 2.75) is 64.0 Å². The van der Waals surface area contributed by atoms with Crippen LogP contribution < -0.4 is 15.0 Å². The van der Waals surface area contributed by atoms with Gasteiger partial charge in [0.05, 0.1) is 0 Å². The first-order chi connectivity index (χ1) is 16.5. The lowest BCUT2D eigenvalue weighted by Crippen LogP contribution is -2.37. The third kappa shape index (κ3) is 6.46. The lowest BCUT2D eigenvalue weighted by Gasteiger charge is -2.33. The van der Waals surface area contributed by atoms with E-state index in [4.69, 9.17) is 4.74 Å². The number of nitrogens with one attached hydrogen (secondary N) is 1. The number of nitrogens with zero attached hydrogens (tertiary/aromatic N) is 2. The fourth-order valence-corrected chi connectivity index (χ4v) is 4.86. The molecule has 0 radical (unpaired) electrons. The molecule has 1 aliphatic heterocycles. The molecule has 2 fully saturated rings. The van der Waals surface area contributed by atoms with Crippen LogP contribution in [0, 0.1) is 11.7 Å². The third-order valence-corrected chi connectivity index (χ3v) is 6.60. The highest BCUT2D eigenvalue weighted by Crippen LogP contribution is 2.28. The van der Waals surface area contributed by atoms with E-state index in [2.05, 4.69) is 15.2 Å². The van der Waals surface area contributed by atoms with Gasteiger partial charge in [-0.05, 0) is 61.4 Å². The summed E-state index contributed by atoms with van der Waals surface area (Å²) in [5, 5.41) is 12.3. The summed E-state index contributed by atoms with van der Waals surface area (Å²) in [7, 11) is 0. The summed E-state index contributed by atoms with van der Waals surface area (Å²) in [6.07, 6.45) is 7.22. The van der Waals surface area contributed by atoms with E-state index < -0.39 is 5.97 Å². The molecule has 1 atom stereocenters. The minimum atomic E-state index is -0.798. The maximum atomic E-state index is 13.6. The molecule has 182 valence electrons. The fourth-order valence-electron chi connectivity index (χ4n) is 4.86. The summed E-state index contributed by atoms with van der Waals surface area (Å²) in [6, 6.07) is 9.81. The maximum Gasteiger partial charge on any atom is 0.303 e. The minimum Gasteiger partial charge on any atom is -0.481 e. The van der Waals surface area contributed by atoms with Gasteiger partial charge in [0.25, 0.3) is 5.91 Å². The number of hydrogen-bond acceptors (Lipinski definition) is 5. The number of anilines is 1. The summed E-state index contributed by atoms with van der Waals surface area (Å²) >= 11 is 0. The Kier molecular flexibility index (Phi) is 7.98. The Morgan fingerprint density at radius 3 is 2.71 bits per heavy atom. The van der Waals surface area contributed by atoms with Crippen LogP contribution in [0.4, 0.5) is 10.2 Å². The van der Waals surface area contributed by atoms with Gasteiger partial charge in [-0.25, -0.2) is 4.39 Å². The minimum absolute atomic E-state index is 0.0546. The van der Waals surface area contributed by atoms with Crippen LogP contribution in [0.25, 0.3) is 0 Å². The van der Waals surface area contributed by atoms with Crippen LogP contribution in [0.5, 0.6) is 5.88 Å². The second-order valence-corrected chi connectivity index (χ2v) is 9.30. The third-order valence-electron chi connectivity index (χ3n) is 6.60. The van der Waals surface area contributed by atoms with Crippen molar-refractivity contribution in [3.05, 3.63) is 53.3 Å². The number of benzene rings is 1. The number of pyridine rings is 1. The number of carboxylic acids is 1.